The molecule has 23 nitrogen and oxygen atoms in total. The number of hydrogen-bond donors (Lipinski definition) is 8. The first-order valence-electron chi connectivity index (χ1n) is 24.2. The summed E-state index contributed by atoms with van der Waals surface area (Å²) in [7, 11) is 2.94. The molecule has 4 atom stereocenters. The number of aromatic nitrogens is 7. The summed E-state index contributed by atoms with van der Waals surface area (Å²) in [6.45, 7) is 5.14. The normalized spacial score (nSPS) is 16.5. The van der Waals surface area contributed by atoms with Crippen LogP contribution in [0.5, 0.6) is 0 Å². The minimum Gasteiger partial charge on any atom is -0.448 e. The molecule has 8 aromatic rings. The number of thiazole rings is 6. The third kappa shape index (κ3) is 13.1. The van der Waals surface area contributed by atoms with E-state index in [4.69, 9.17) is 35.1 Å². The molecule has 0 unspecified atom stereocenters. The van der Waals surface area contributed by atoms with Gasteiger partial charge in [0.25, 0.3) is 17.7 Å². The predicted octanol–water partition coefficient (Wildman–Crippen LogP) is 6.82. The monoisotopic (exact) mass is 1180 g/mol. The summed E-state index contributed by atoms with van der Waals surface area (Å²) in [6, 6.07) is 9.50. The minimum absolute atomic E-state index is 0.000476. The second-order valence-electron chi connectivity index (χ2n) is 17.7. The standard InChI is InChI=1S/C50H50N14O9S6/c1-22(2)35-49-64-38(31(79-49)17-72-5)42(69)53-16-34(66)61-39(40(67)24-9-7-6-8-10-24)48-58-30(20-76-48)46-56-28(18-75-46)37-25(11-12-26(54-37)45-59-32(21-77-45)60-50(71)73-14-13-51)44-57-29(19-74-44)41(68)55-27(15-33(65)52-4)47-63-36(23(3)78-47)43(70)62-35/h6-12,18-22,27,35,39-40,67H,13-17,51H2,1-5H3,(H,52,65)(H,53,69)(H,55,68)(H,60,71)(H,61,66)(H,62,70)/t27-,35+,39-,40-/m0/s1. The van der Waals surface area contributed by atoms with Crippen LogP contribution in [0.2, 0.25) is 0 Å². The zero-order valence-electron chi connectivity index (χ0n) is 42.6. The molecule has 0 saturated heterocycles. The van der Waals surface area contributed by atoms with Gasteiger partial charge in [-0.25, -0.2) is 39.7 Å². The molecule has 1 aromatic carbocycles. The molecule has 1 aliphatic rings. The summed E-state index contributed by atoms with van der Waals surface area (Å²) in [5.41, 5.74) is 8.22. The zero-order chi connectivity index (χ0) is 55.9. The Morgan fingerprint density at radius 3 is 2.22 bits per heavy atom. The molecular weight excluding hydrogens is 1130 g/mol. The van der Waals surface area contributed by atoms with E-state index < -0.39 is 66.4 Å². The minimum atomic E-state index is -1.27. The topological polar surface area (TPSA) is 330 Å². The molecule has 79 heavy (non-hydrogen) atoms. The van der Waals surface area contributed by atoms with E-state index in [1.165, 1.54) is 70.8 Å². The molecule has 1 aliphatic heterocycles. The third-order valence-electron chi connectivity index (χ3n) is 11.8. The lowest BCUT2D eigenvalue weighted by Gasteiger charge is -2.23. The Hall–Kier alpha value is -7.35. The van der Waals surface area contributed by atoms with Crippen molar-refractivity contribution in [2.75, 3.05) is 39.2 Å². The van der Waals surface area contributed by atoms with E-state index in [1.807, 2.05) is 13.8 Å². The number of aliphatic hydroxyl groups is 1. The molecule has 0 spiro atoms. The Bertz CT molecular complexity index is 3530. The number of nitrogens with two attached hydrogens (primary N) is 1. The highest BCUT2D eigenvalue weighted by Gasteiger charge is 2.33. The first-order valence-corrected chi connectivity index (χ1v) is 29.3. The molecule has 0 saturated carbocycles. The van der Waals surface area contributed by atoms with E-state index in [9.17, 15) is 33.9 Å². The average molecular weight is 1180 g/mol. The van der Waals surface area contributed by atoms with Crippen LogP contribution in [0.4, 0.5) is 10.6 Å². The van der Waals surface area contributed by atoms with Crippen molar-refractivity contribution in [1.82, 2.24) is 61.5 Å². The molecule has 8 heterocycles. The molecule has 9 N–H and O–H groups in total. The van der Waals surface area contributed by atoms with Crippen LogP contribution in [0, 0.1) is 12.8 Å². The van der Waals surface area contributed by atoms with Crippen LogP contribution in [0.3, 0.4) is 0 Å². The van der Waals surface area contributed by atoms with Crippen LogP contribution in [-0.2, 0) is 25.7 Å². The second-order valence-corrected chi connectivity index (χ2v) is 23.5. The van der Waals surface area contributed by atoms with E-state index in [0.29, 0.717) is 73.7 Å². The number of carbonyl (C=O) groups is 6. The number of aryl methyl sites for hydroxylation is 1. The van der Waals surface area contributed by atoms with Crippen LogP contribution in [0.15, 0.2) is 64.0 Å². The van der Waals surface area contributed by atoms with E-state index >= 15 is 0 Å². The fraction of sp³-hybridized carbons (Fsp3) is 0.300. The number of nitrogens with zero attached hydrogens (tertiary/aromatic N) is 7. The van der Waals surface area contributed by atoms with Crippen molar-refractivity contribution in [2.24, 2.45) is 11.7 Å². The largest absolute Gasteiger partial charge is 0.448 e. The van der Waals surface area contributed by atoms with Crippen LogP contribution in [-0.4, -0.2) is 109 Å². The van der Waals surface area contributed by atoms with E-state index in [2.05, 4.69) is 46.9 Å². The van der Waals surface area contributed by atoms with Gasteiger partial charge >= 0.3 is 6.09 Å². The van der Waals surface area contributed by atoms with Crippen molar-refractivity contribution < 1.29 is 43.3 Å². The Morgan fingerprint density at radius 1 is 0.734 bits per heavy atom. The van der Waals surface area contributed by atoms with Gasteiger partial charge in [-0.3, -0.25) is 29.3 Å². The number of carbonyl (C=O) groups excluding carboxylic acids is 6. The van der Waals surface area contributed by atoms with Gasteiger partial charge in [0.05, 0.1) is 42.2 Å². The summed E-state index contributed by atoms with van der Waals surface area (Å²) < 4.78 is 10.5. The zero-order valence-corrected chi connectivity index (χ0v) is 47.5. The quantitative estimate of drug-likeness (QED) is 0.0658. The lowest BCUT2D eigenvalue weighted by atomic mass is 10.0. The van der Waals surface area contributed by atoms with Gasteiger partial charge in [0, 0.05) is 52.7 Å². The summed E-state index contributed by atoms with van der Waals surface area (Å²) in [6.07, 6.45) is -2.20. The Morgan fingerprint density at radius 2 is 1.46 bits per heavy atom. The molecule has 0 aliphatic carbocycles. The molecule has 6 amide bonds. The number of anilines is 1. The first-order chi connectivity index (χ1) is 38.1. The number of rotatable bonds is 11. The number of hydrogen-bond acceptors (Lipinski definition) is 23. The molecule has 0 radical (unpaired) electrons. The summed E-state index contributed by atoms with van der Waals surface area (Å²) in [5.74, 6) is -2.88. The predicted molar refractivity (Wildman–Crippen MR) is 301 cm³/mol. The van der Waals surface area contributed by atoms with Gasteiger partial charge in [-0.2, -0.15) is 0 Å². The maximum Gasteiger partial charge on any atom is 0.412 e. The molecule has 0 fully saturated rings. The van der Waals surface area contributed by atoms with Gasteiger partial charge < -0.3 is 46.9 Å². The van der Waals surface area contributed by atoms with E-state index in [-0.39, 0.29) is 55.0 Å². The molecule has 29 heteroatoms. The molecular formula is C50H50N14O9S6. The van der Waals surface area contributed by atoms with Crippen molar-refractivity contribution in [3.05, 3.63) is 111 Å². The molecule has 7 aromatic heterocycles. The first kappa shape index (κ1) is 56.4. The lowest BCUT2D eigenvalue weighted by molar-refractivity contribution is -0.122. The molecule has 410 valence electrons. The van der Waals surface area contributed by atoms with E-state index in [1.54, 1.807) is 70.9 Å². The number of amides is 6. The number of nitrogens with one attached hydrogen (secondary N) is 6. The van der Waals surface area contributed by atoms with Crippen LogP contribution in [0.1, 0.15) is 106 Å². The van der Waals surface area contributed by atoms with E-state index in [0.717, 1.165) is 11.3 Å². The van der Waals surface area contributed by atoms with Gasteiger partial charge in [-0.1, -0.05) is 44.2 Å². The van der Waals surface area contributed by atoms with Gasteiger partial charge in [0.2, 0.25) is 11.8 Å². The van der Waals surface area contributed by atoms with Gasteiger partial charge in [0.1, 0.15) is 88.8 Å². The Kier molecular flexibility index (Phi) is 18.0. The van der Waals surface area contributed by atoms with Crippen molar-refractivity contribution in [1.29, 1.82) is 0 Å². The highest BCUT2D eigenvalue weighted by molar-refractivity contribution is 7.15. The fourth-order valence-electron chi connectivity index (χ4n) is 7.93. The number of methoxy groups -OCH3 is 1. The highest BCUT2D eigenvalue weighted by atomic mass is 32.1. The third-order valence-corrected chi connectivity index (χ3v) is 17.6. The molecule has 9 rings (SSSR count). The number of benzene rings is 1. The van der Waals surface area contributed by atoms with Crippen LogP contribution in [0.25, 0.3) is 43.4 Å². The van der Waals surface area contributed by atoms with Crippen molar-refractivity contribution >= 4 is 109 Å². The number of aliphatic hydroxyl groups excluding tert-OH is 1. The SMILES string of the molecule is CNC(=O)C[C@@H]1NC(=O)c2csc(n2)-c2ccc(-c3nc(NC(=O)OCCN)cs3)nc2-c2csc(n2)-c2csc(n2)[C@H]([C@@H](O)c2ccccc2)NC(=O)CNC(=O)c2nc(sc2COC)[C@@H](C(C)C)NC(=O)c2nc1sc2C. The maximum atomic E-state index is 14.2. The Balaban J connectivity index is 1.13. The summed E-state index contributed by atoms with van der Waals surface area (Å²) >= 11 is 7.17. The molecule has 10 bridgehead atoms. The fourth-order valence-corrected chi connectivity index (χ4v) is 13.4. The average Bonchev–Trinajstić information content (AvgIpc) is 4.35. The van der Waals surface area contributed by atoms with Crippen LogP contribution >= 0.6 is 68.0 Å². The summed E-state index contributed by atoms with van der Waals surface area (Å²) in [4.78, 5) is 116. The highest BCUT2D eigenvalue weighted by Crippen LogP contribution is 2.40. The van der Waals surface area contributed by atoms with Crippen molar-refractivity contribution in [2.45, 2.75) is 58.0 Å². The van der Waals surface area contributed by atoms with Gasteiger partial charge in [0.15, 0.2) is 0 Å². The lowest BCUT2D eigenvalue weighted by Crippen LogP contribution is -2.40. The van der Waals surface area contributed by atoms with Crippen LogP contribution < -0.4 is 37.6 Å². The summed E-state index contributed by atoms with van der Waals surface area (Å²) in [5, 5.41) is 37.6. The van der Waals surface area contributed by atoms with Crippen molar-refractivity contribution in [3.63, 3.8) is 0 Å². The van der Waals surface area contributed by atoms with Crippen molar-refractivity contribution in [3.8, 4) is 43.4 Å². The van der Waals surface area contributed by atoms with Gasteiger partial charge in [-0.05, 0) is 30.5 Å². The van der Waals surface area contributed by atoms with Gasteiger partial charge in [-0.15, -0.1) is 68.0 Å². The number of fused-ring (bicyclic) bond motifs is 14. The maximum absolute atomic E-state index is 14.2. The Labute approximate surface area is 474 Å². The number of pyridine rings is 1. The number of ether oxygens (including phenoxy) is 2. The second kappa shape index (κ2) is 25.2. The smallest absolute Gasteiger partial charge is 0.412 e.